The van der Waals surface area contributed by atoms with Gasteiger partial charge in [0.1, 0.15) is 5.69 Å². The molecule has 0 atom stereocenters. The third-order valence-electron chi connectivity index (χ3n) is 3.17. The van der Waals surface area contributed by atoms with Crippen molar-refractivity contribution in [2.75, 3.05) is 11.9 Å². The van der Waals surface area contributed by atoms with Gasteiger partial charge in [0.15, 0.2) is 0 Å². The number of nitro benzene ring substituents is 1. The number of nitro groups is 1. The molecule has 2 aromatic rings. The molecule has 0 saturated carbocycles. The number of aromatic nitrogens is 1. The van der Waals surface area contributed by atoms with Crippen molar-refractivity contribution in [2.24, 2.45) is 0 Å². The fraction of sp³-hybridized carbons (Fsp3) is 0.200. The largest absolute Gasteiger partial charge is 0.379 e. The second-order valence-electron chi connectivity index (χ2n) is 4.58. The van der Waals surface area contributed by atoms with E-state index in [1.165, 1.54) is 18.2 Å². The van der Waals surface area contributed by atoms with Crippen LogP contribution in [0, 0.1) is 28.4 Å². The summed E-state index contributed by atoms with van der Waals surface area (Å²) in [4.78, 5) is 14.6. The number of aryl methyl sites for hydroxylation is 1. The zero-order chi connectivity index (χ0) is 15.2. The summed E-state index contributed by atoms with van der Waals surface area (Å²) >= 11 is 0. The molecule has 0 aliphatic carbocycles. The monoisotopic (exact) mass is 282 g/mol. The third kappa shape index (κ3) is 3.54. The zero-order valence-corrected chi connectivity index (χ0v) is 11.5. The van der Waals surface area contributed by atoms with Crippen molar-refractivity contribution in [2.45, 2.75) is 13.3 Å². The molecule has 0 fully saturated rings. The smallest absolute Gasteiger partial charge is 0.292 e. The minimum Gasteiger partial charge on any atom is -0.379 e. The van der Waals surface area contributed by atoms with Gasteiger partial charge in [-0.15, -0.1) is 0 Å². The van der Waals surface area contributed by atoms with E-state index >= 15 is 0 Å². The molecule has 0 amide bonds. The molecular weight excluding hydrogens is 268 g/mol. The quantitative estimate of drug-likeness (QED) is 0.672. The van der Waals surface area contributed by atoms with Crippen molar-refractivity contribution in [1.82, 2.24) is 4.98 Å². The van der Waals surface area contributed by atoms with Crippen molar-refractivity contribution in [3.8, 4) is 6.07 Å². The summed E-state index contributed by atoms with van der Waals surface area (Å²) in [6, 6.07) is 8.19. The van der Waals surface area contributed by atoms with Gasteiger partial charge in [-0.3, -0.25) is 15.1 Å². The Balaban J connectivity index is 2.11. The first-order chi connectivity index (χ1) is 10.1. The maximum absolute atomic E-state index is 11.0. The highest BCUT2D eigenvalue weighted by atomic mass is 16.6. The molecule has 2 rings (SSSR count). The lowest BCUT2D eigenvalue weighted by molar-refractivity contribution is -0.384. The van der Waals surface area contributed by atoms with Crippen molar-refractivity contribution < 1.29 is 4.92 Å². The van der Waals surface area contributed by atoms with E-state index in [1.54, 1.807) is 12.4 Å². The molecule has 106 valence electrons. The predicted molar refractivity (Wildman–Crippen MR) is 79.0 cm³/mol. The van der Waals surface area contributed by atoms with E-state index < -0.39 is 4.92 Å². The third-order valence-corrected chi connectivity index (χ3v) is 3.17. The van der Waals surface area contributed by atoms with Crippen LogP contribution in [0.3, 0.4) is 0 Å². The van der Waals surface area contributed by atoms with Crippen LogP contribution in [-0.2, 0) is 6.42 Å². The van der Waals surface area contributed by atoms with Crippen LogP contribution in [-0.4, -0.2) is 16.5 Å². The first kappa shape index (κ1) is 14.5. The van der Waals surface area contributed by atoms with E-state index in [-0.39, 0.29) is 5.69 Å². The predicted octanol–water partition coefficient (Wildman–Crippen LogP) is 2.82. The van der Waals surface area contributed by atoms with E-state index in [2.05, 4.69) is 10.3 Å². The average Bonchev–Trinajstić information content (AvgIpc) is 2.48. The first-order valence-corrected chi connectivity index (χ1v) is 6.43. The van der Waals surface area contributed by atoms with Crippen LogP contribution in [0.5, 0.6) is 0 Å². The second-order valence-corrected chi connectivity index (χ2v) is 4.58. The second kappa shape index (κ2) is 6.48. The maximum Gasteiger partial charge on any atom is 0.292 e. The number of hydrogen-bond donors (Lipinski definition) is 1. The molecule has 6 heteroatoms. The minimum absolute atomic E-state index is 0.0274. The van der Waals surface area contributed by atoms with Crippen LogP contribution in [0.25, 0.3) is 0 Å². The Hall–Kier alpha value is -2.94. The molecule has 1 aromatic carbocycles. The lowest BCUT2D eigenvalue weighted by atomic mass is 10.1. The van der Waals surface area contributed by atoms with Gasteiger partial charge in [-0.25, -0.2) is 0 Å². The topological polar surface area (TPSA) is 91.8 Å². The van der Waals surface area contributed by atoms with Crippen molar-refractivity contribution in [3.05, 3.63) is 63.5 Å². The molecule has 1 heterocycles. The number of hydrogen-bond acceptors (Lipinski definition) is 5. The summed E-state index contributed by atoms with van der Waals surface area (Å²) in [7, 11) is 0. The Kier molecular flexibility index (Phi) is 4.46. The summed E-state index contributed by atoms with van der Waals surface area (Å²) < 4.78 is 0. The van der Waals surface area contributed by atoms with Gasteiger partial charge in [-0.1, -0.05) is 0 Å². The number of anilines is 1. The Labute approximate surface area is 122 Å². The SMILES string of the molecule is Cc1cnccc1CCNc1cc(C#N)ccc1[N+](=O)[O-]. The summed E-state index contributed by atoms with van der Waals surface area (Å²) in [6.45, 7) is 2.52. The molecular formula is C15H14N4O2. The van der Waals surface area contributed by atoms with E-state index in [9.17, 15) is 10.1 Å². The summed E-state index contributed by atoms with van der Waals surface area (Å²) in [5.41, 5.74) is 2.95. The van der Waals surface area contributed by atoms with Crippen molar-refractivity contribution in [1.29, 1.82) is 5.26 Å². The van der Waals surface area contributed by atoms with Crippen molar-refractivity contribution in [3.63, 3.8) is 0 Å². The standard InChI is InChI=1S/C15H14N4O2/c1-11-10-17-6-4-13(11)5-7-18-14-8-12(9-16)2-3-15(14)19(20)21/h2-4,6,8,10,18H,5,7H2,1H3. The Morgan fingerprint density at radius 3 is 2.90 bits per heavy atom. The van der Waals surface area contributed by atoms with Crippen LogP contribution in [0.2, 0.25) is 0 Å². The normalized spacial score (nSPS) is 9.90. The van der Waals surface area contributed by atoms with Gasteiger partial charge in [0, 0.05) is 25.0 Å². The molecule has 0 saturated heterocycles. The highest BCUT2D eigenvalue weighted by Gasteiger charge is 2.13. The molecule has 0 unspecified atom stereocenters. The Morgan fingerprint density at radius 2 is 2.24 bits per heavy atom. The van der Waals surface area contributed by atoms with Gasteiger partial charge in [0.25, 0.3) is 5.69 Å². The minimum atomic E-state index is -0.457. The maximum atomic E-state index is 11.0. The van der Waals surface area contributed by atoms with Gasteiger partial charge >= 0.3 is 0 Å². The number of nitrogens with zero attached hydrogens (tertiary/aromatic N) is 3. The van der Waals surface area contributed by atoms with E-state index in [0.717, 1.165) is 17.5 Å². The first-order valence-electron chi connectivity index (χ1n) is 6.43. The lowest BCUT2D eigenvalue weighted by Gasteiger charge is -2.09. The molecule has 21 heavy (non-hydrogen) atoms. The average molecular weight is 282 g/mol. The molecule has 0 aliphatic rings. The van der Waals surface area contributed by atoms with E-state index in [1.807, 2.05) is 19.1 Å². The van der Waals surface area contributed by atoms with Crippen LogP contribution < -0.4 is 5.32 Å². The molecule has 0 aliphatic heterocycles. The Morgan fingerprint density at radius 1 is 1.43 bits per heavy atom. The van der Waals surface area contributed by atoms with E-state index in [0.29, 0.717) is 17.8 Å². The molecule has 0 radical (unpaired) electrons. The van der Waals surface area contributed by atoms with E-state index in [4.69, 9.17) is 5.26 Å². The van der Waals surface area contributed by atoms with Crippen molar-refractivity contribution >= 4 is 11.4 Å². The number of pyridine rings is 1. The number of nitrogens with one attached hydrogen (secondary N) is 1. The molecule has 1 aromatic heterocycles. The fourth-order valence-electron chi connectivity index (χ4n) is 2.02. The Bertz CT molecular complexity index is 707. The lowest BCUT2D eigenvalue weighted by Crippen LogP contribution is -2.08. The van der Waals surface area contributed by atoms with Crippen LogP contribution in [0.1, 0.15) is 16.7 Å². The molecule has 0 spiro atoms. The zero-order valence-electron chi connectivity index (χ0n) is 11.5. The molecule has 1 N–H and O–H groups in total. The number of rotatable bonds is 5. The fourth-order valence-corrected chi connectivity index (χ4v) is 2.02. The van der Waals surface area contributed by atoms with Gasteiger partial charge in [-0.05, 0) is 42.7 Å². The highest BCUT2D eigenvalue weighted by Crippen LogP contribution is 2.25. The highest BCUT2D eigenvalue weighted by molar-refractivity contribution is 5.64. The van der Waals surface area contributed by atoms with Gasteiger partial charge in [0.2, 0.25) is 0 Å². The van der Waals surface area contributed by atoms with Crippen LogP contribution in [0.15, 0.2) is 36.7 Å². The number of nitriles is 1. The van der Waals surface area contributed by atoms with Gasteiger partial charge in [0.05, 0.1) is 16.6 Å². The summed E-state index contributed by atoms with van der Waals surface area (Å²) in [5, 5.41) is 22.9. The van der Waals surface area contributed by atoms with Gasteiger partial charge in [-0.2, -0.15) is 5.26 Å². The molecule has 0 bridgehead atoms. The van der Waals surface area contributed by atoms with Crippen LogP contribution in [0.4, 0.5) is 11.4 Å². The summed E-state index contributed by atoms with van der Waals surface area (Å²) in [6.07, 6.45) is 4.23. The van der Waals surface area contributed by atoms with Crippen LogP contribution >= 0.6 is 0 Å². The van der Waals surface area contributed by atoms with Gasteiger partial charge < -0.3 is 5.32 Å². The number of benzene rings is 1. The molecule has 6 nitrogen and oxygen atoms in total. The summed E-state index contributed by atoms with van der Waals surface area (Å²) in [5.74, 6) is 0.